The van der Waals surface area contributed by atoms with Gasteiger partial charge in [-0.15, -0.1) is 11.3 Å². The third-order valence-corrected chi connectivity index (χ3v) is 8.47. The Morgan fingerprint density at radius 3 is 2.48 bits per heavy atom. The summed E-state index contributed by atoms with van der Waals surface area (Å²) in [5.74, 6) is 0.249. The first-order chi connectivity index (χ1) is 20.5. The molecule has 230 valence electrons. The van der Waals surface area contributed by atoms with E-state index in [2.05, 4.69) is 25.9 Å². The van der Waals surface area contributed by atoms with E-state index in [0.717, 1.165) is 22.4 Å². The van der Waals surface area contributed by atoms with Gasteiger partial charge in [-0.25, -0.2) is 9.78 Å². The van der Waals surface area contributed by atoms with Crippen molar-refractivity contribution in [2.75, 3.05) is 6.61 Å². The maximum absolute atomic E-state index is 13.3. The Morgan fingerprint density at radius 2 is 1.80 bits per heavy atom. The van der Waals surface area contributed by atoms with Gasteiger partial charge in [0.2, 0.25) is 0 Å². The van der Waals surface area contributed by atoms with Gasteiger partial charge in [0.25, 0.3) is 5.56 Å². The number of carbonyl (C=O) groups excluding carboxylic acids is 1. The highest BCUT2D eigenvalue weighted by Crippen LogP contribution is 2.41. The molecule has 3 heterocycles. The molecule has 44 heavy (non-hydrogen) atoms. The molecule has 5 rings (SSSR count). The molecule has 3 aromatic heterocycles. The van der Waals surface area contributed by atoms with E-state index in [-0.39, 0.29) is 34.4 Å². The van der Waals surface area contributed by atoms with Gasteiger partial charge < -0.3 is 9.47 Å². The fraction of sp³-hybridized carbons (Fsp3) is 0.290. The number of hydrogen-bond donors (Lipinski definition) is 0. The number of fused-ring (bicyclic) bond motifs is 2. The minimum atomic E-state index is -4.58. The highest BCUT2D eigenvalue weighted by molar-refractivity contribution is 9.10. The van der Waals surface area contributed by atoms with Crippen LogP contribution in [0.4, 0.5) is 13.2 Å². The standard InChI is InChI=1S/C31H26BrClF3N3O4S/c1-15-10-20(27-26(37-15)21(14-44-27)29(41)43-30(3,4)5)19-13-18(33)6-7-24(19)42-9-8-39-16(2)38-23-12-17(31(34,35)36)11-22(32)25(23)28(39)40/h6-7,10-14H,8-9H2,1-5H3. The third-order valence-electron chi connectivity index (χ3n) is 6.60. The van der Waals surface area contributed by atoms with Crippen molar-refractivity contribution in [3.63, 3.8) is 0 Å². The third kappa shape index (κ3) is 6.47. The van der Waals surface area contributed by atoms with Crippen LogP contribution in [0.3, 0.4) is 0 Å². The molecule has 0 spiro atoms. The number of pyridine rings is 1. The predicted molar refractivity (Wildman–Crippen MR) is 169 cm³/mol. The lowest BCUT2D eigenvalue weighted by Crippen LogP contribution is -2.27. The first-order valence-corrected chi connectivity index (χ1v) is 15.4. The first kappa shape index (κ1) is 31.9. The Hall–Kier alpha value is -3.48. The van der Waals surface area contributed by atoms with Gasteiger partial charge >= 0.3 is 12.1 Å². The smallest absolute Gasteiger partial charge is 0.416 e. The van der Waals surface area contributed by atoms with Crippen LogP contribution in [0.1, 0.15) is 48.2 Å². The van der Waals surface area contributed by atoms with E-state index in [4.69, 9.17) is 21.1 Å². The van der Waals surface area contributed by atoms with Crippen LogP contribution < -0.4 is 10.3 Å². The van der Waals surface area contributed by atoms with Crippen LogP contribution in [0, 0.1) is 13.8 Å². The van der Waals surface area contributed by atoms with Crippen molar-refractivity contribution < 1.29 is 27.4 Å². The zero-order chi connectivity index (χ0) is 32.1. The number of aryl methyl sites for hydroxylation is 2. The molecule has 0 aliphatic carbocycles. The summed E-state index contributed by atoms with van der Waals surface area (Å²) in [4.78, 5) is 35.1. The lowest BCUT2D eigenvalue weighted by atomic mass is 10.0. The molecule has 0 N–H and O–H groups in total. The van der Waals surface area contributed by atoms with Gasteiger partial charge in [0, 0.05) is 31.7 Å². The molecule has 0 aliphatic heterocycles. The summed E-state index contributed by atoms with van der Waals surface area (Å²) >= 11 is 10.9. The van der Waals surface area contributed by atoms with Gasteiger partial charge in [0.05, 0.1) is 38.8 Å². The van der Waals surface area contributed by atoms with Crippen LogP contribution in [-0.4, -0.2) is 32.7 Å². The first-order valence-electron chi connectivity index (χ1n) is 13.4. The summed E-state index contributed by atoms with van der Waals surface area (Å²) in [5, 5.41) is 2.23. The second-order valence-corrected chi connectivity index (χ2v) is 13.3. The van der Waals surface area contributed by atoms with E-state index in [1.807, 2.05) is 13.0 Å². The zero-order valence-corrected chi connectivity index (χ0v) is 27.4. The quantitative estimate of drug-likeness (QED) is 0.164. The molecular weight excluding hydrogens is 683 g/mol. The highest BCUT2D eigenvalue weighted by atomic mass is 79.9. The lowest BCUT2D eigenvalue weighted by molar-refractivity contribution is -0.137. The minimum Gasteiger partial charge on any atom is -0.491 e. The normalized spacial score (nSPS) is 12.2. The summed E-state index contributed by atoms with van der Waals surface area (Å²) in [5.41, 5.74) is 0.848. The molecule has 0 bridgehead atoms. The molecule has 13 heteroatoms. The van der Waals surface area contributed by atoms with Crippen LogP contribution in [0.25, 0.3) is 32.2 Å². The second-order valence-electron chi connectivity index (χ2n) is 11.1. The number of halogens is 5. The number of ether oxygens (including phenoxy) is 2. The van der Waals surface area contributed by atoms with E-state index in [9.17, 15) is 22.8 Å². The molecule has 0 atom stereocenters. The number of aromatic nitrogens is 3. The summed E-state index contributed by atoms with van der Waals surface area (Å²) in [6.07, 6.45) is -4.58. The molecule has 0 aliphatic rings. The van der Waals surface area contributed by atoms with Crippen LogP contribution in [0.5, 0.6) is 5.75 Å². The Balaban J connectivity index is 1.48. The van der Waals surface area contributed by atoms with Gasteiger partial charge in [-0.3, -0.25) is 14.3 Å². The van der Waals surface area contributed by atoms with E-state index in [1.165, 1.54) is 15.9 Å². The Kier molecular flexibility index (Phi) is 8.56. The van der Waals surface area contributed by atoms with Crippen LogP contribution >= 0.6 is 38.9 Å². The van der Waals surface area contributed by atoms with Crippen molar-refractivity contribution in [3.8, 4) is 16.9 Å². The van der Waals surface area contributed by atoms with E-state index >= 15 is 0 Å². The summed E-state index contributed by atoms with van der Waals surface area (Å²) in [6.45, 7) is 8.89. The molecule has 0 fully saturated rings. The number of rotatable bonds is 6. The summed E-state index contributed by atoms with van der Waals surface area (Å²) in [6, 6.07) is 8.76. The second kappa shape index (κ2) is 11.8. The predicted octanol–water partition coefficient (Wildman–Crippen LogP) is 8.76. The Bertz CT molecular complexity index is 2000. The number of hydrogen-bond acceptors (Lipinski definition) is 7. The fourth-order valence-electron chi connectivity index (χ4n) is 4.74. The maximum atomic E-state index is 13.3. The van der Waals surface area contributed by atoms with E-state index in [0.29, 0.717) is 33.1 Å². The Labute approximate surface area is 267 Å². The van der Waals surface area contributed by atoms with Crippen molar-refractivity contribution in [1.82, 2.24) is 14.5 Å². The van der Waals surface area contributed by atoms with Crippen LogP contribution in [-0.2, 0) is 17.5 Å². The summed E-state index contributed by atoms with van der Waals surface area (Å²) < 4.78 is 53.8. The minimum absolute atomic E-state index is 0.00764. The summed E-state index contributed by atoms with van der Waals surface area (Å²) in [7, 11) is 0. The fourth-order valence-corrected chi connectivity index (χ4v) is 6.53. The van der Waals surface area contributed by atoms with Crippen molar-refractivity contribution in [2.45, 2.75) is 52.9 Å². The van der Waals surface area contributed by atoms with Crippen molar-refractivity contribution in [2.24, 2.45) is 0 Å². The van der Waals surface area contributed by atoms with Crippen LogP contribution in [0.2, 0.25) is 5.02 Å². The van der Waals surface area contributed by atoms with Crippen molar-refractivity contribution >= 4 is 66.0 Å². The average Bonchev–Trinajstić information content (AvgIpc) is 3.32. The number of thiophene rings is 1. The van der Waals surface area contributed by atoms with Crippen molar-refractivity contribution in [1.29, 1.82) is 0 Å². The molecule has 2 aromatic carbocycles. The largest absolute Gasteiger partial charge is 0.491 e. The molecule has 0 saturated heterocycles. The van der Waals surface area contributed by atoms with Crippen LogP contribution in [0.15, 0.2) is 51.0 Å². The monoisotopic (exact) mass is 707 g/mol. The van der Waals surface area contributed by atoms with Gasteiger partial charge in [0.1, 0.15) is 23.8 Å². The number of esters is 1. The van der Waals surface area contributed by atoms with Gasteiger partial charge in [-0.05, 0) is 86.9 Å². The number of carbonyl (C=O) groups is 1. The molecule has 7 nitrogen and oxygen atoms in total. The number of alkyl halides is 3. The number of nitrogens with zero attached hydrogens (tertiary/aromatic N) is 3. The van der Waals surface area contributed by atoms with Crippen molar-refractivity contribution in [3.05, 3.63) is 84.3 Å². The van der Waals surface area contributed by atoms with Gasteiger partial charge in [-0.1, -0.05) is 11.6 Å². The topological polar surface area (TPSA) is 83.3 Å². The van der Waals surface area contributed by atoms with Gasteiger partial charge in [0.15, 0.2) is 0 Å². The Morgan fingerprint density at radius 1 is 1.07 bits per heavy atom. The van der Waals surface area contributed by atoms with E-state index < -0.39 is 28.9 Å². The molecule has 0 amide bonds. The van der Waals surface area contributed by atoms with E-state index in [1.54, 1.807) is 51.3 Å². The highest BCUT2D eigenvalue weighted by Gasteiger charge is 2.32. The SMILES string of the molecule is Cc1cc(-c2cc(Cl)ccc2OCCn2c(C)nc3cc(C(F)(F)F)cc(Br)c3c2=O)c2scc(C(=O)OC(C)(C)C)c2n1. The molecule has 0 saturated carbocycles. The molecular formula is C31H26BrClF3N3O4S. The number of benzene rings is 2. The maximum Gasteiger partial charge on any atom is 0.416 e. The average molecular weight is 709 g/mol. The van der Waals surface area contributed by atoms with Gasteiger partial charge in [-0.2, -0.15) is 13.2 Å². The molecule has 5 aromatic rings. The lowest BCUT2D eigenvalue weighted by Gasteiger charge is -2.19. The zero-order valence-electron chi connectivity index (χ0n) is 24.2. The molecule has 0 radical (unpaired) electrons. The molecule has 0 unspecified atom stereocenters.